The van der Waals surface area contributed by atoms with Crippen LogP contribution in [0, 0.1) is 0 Å². The number of hydrogen-bond acceptors (Lipinski definition) is 3. The molecular weight excluding hydrogens is 252 g/mol. The van der Waals surface area contributed by atoms with Crippen LogP contribution in [0.5, 0.6) is 0 Å². The van der Waals surface area contributed by atoms with Crippen LogP contribution < -0.4 is 5.32 Å². The molecule has 2 nitrogen and oxygen atoms in total. The average molecular weight is 278 g/mol. The molecule has 0 aliphatic heterocycles. The van der Waals surface area contributed by atoms with Crippen LogP contribution in [-0.4, -0.2) is 22.5 Å². The molecule has 0 fully saturated rings. The van der Waals surface area contributed by atoms with Gasteiger partial charge in [0.05, 0.1) is 5.69 Å². The van der Waals surface area contributed by atoms with E-state index in [1.807, 2.05) is 18.0 Å². The molecule has 1 aliphatic rings. The Kier molecular flexibility index (Phi) is 5.28. The maximum Gasteiger partial charge on any atom is 0.0605 e. The minimum atomic E-state index is 0.381. The van der Waals surface area contributed by atoms with Gasteiger partial charge >= 0.3 is 0 Å². The van der Waals surface area contributed by atoms with Crippen molar-refractivity contribution in [2.75, 3.05) is 12.8 Å². The highest BCUT2D eigenvalue weighted by atomic mass is 32.2. The molecule has 1 aliphatic carbocycles. The molecule has 1 aromatic heterocycles. The Balaban J connectivity index is 2.05. The van der Waals surface area contributed by atoms with Gasteiger partial charge in [0.15, 0.2) is 0 Å². The summed E-state index contributed by atoms with van der Waals surface area (Å²) >= 11 is 2.00. The molecule has 0 bridgehead atoms. The third kappa shape index (κ3) is 3.32. The van der Waals surface area contributed by atoms with Gasteiger partial charge in [0, 0.05) is 23.5 Å². The lowest BCUT2D eigenvalue weighted by Gasteiger charge is -2.33. The number of aromatic nitrogens is 1. The van der Waals surface area contributed by atoms with Gasteiger partial charge in [-0.1, -0.05) is 19.9 Å². The minimum Gasteiger partial charge on any atom is -0.307 e. The van der Waals surface area contributed by atoms with Crippen molar-refractivity contribution < 1.29 is 0 Å². The SMILES string of the molecule is CCC(CC)(CNC1CCCc2cccnc21)SC. The summed E-state index contributed by atoms with van der Waals surface area (Å²) in [5.41, 5.74) is 2.73. The maximum atomic E-state index is 4.61. The van der Waals surface area contributed by atoms with Gasteiger partial charge in [-0.2, -0.15) is 11.8 Å². The van der Waals surface area contributed by atoms with Gasteiger partial charge in [0.25, 0.3) is 0 Å². The molecule has 0 saturated carbocycles. The van der Waals surface area contributed by atoms with Crippen LogP contribution in [0.4, 0.5) is 0 Å². The first-order valence-electron chi connectivity index (χ1n) is 7.47. The predicted molar refractivity (Wildman–Crippen MR) is 84.7 cm³/mol. The number of pyridine rings is 1. The number of hydrogen-bond donors (Lipinski definition) is 1. The lowest BCUT2D eigenvalue weighted by molar-refractivity contribution is 0.403. The summed E-state index contributed by atoms with van der Waals surface area (Å²) in [7, 11) is 0. The van der Waals surface area contributed by atoms with E-state index >= 15 is 0 Å². The predicted octanol–water partition coefficient (Wildman–Crippen LogP) is 3.97. The highest BCUT2D eigenvalue weighted by Gasteiger charge is 2.28. The average Bonchev–Trinajstić information content (AvgIpc) is 2.49. The fraction of sp³-hybridized carbons (Fsp3) is 0.688. The molecule has 3 heteroatoms. The fourth-order valence-electron chi connectivity index (χ4n) is 2.98. The van der Waals surface area contributed by atoms with Crippen LogP contribution in [0.25, 0.3) is 0 Å². The summed E-state index contributed by atoms with van der Waals surface area (Å²) in [4.78, 5) is 4.61. The van der Waals surface area contributed by atoms with Crippen LogP contribution in [0.1, 0.15) is 56.8 Å². The van der Waals surface area contributed by atoms with Gasteiger partial charge in [0.2, 0.25) is 0 Å². The Morgan fingerprint density at radius 3 is 2.89 bits per heavy atom. The van der Waals surface area contributed by atoms with Gasteiger partial charge in [-0.05, 0) is 50.0 Å². The zero-order valence-electron chi connectivity index (χ0n) is 12.4. The van der Waals surface area contributed by atoms with Crippen molar-refractivity contribution in [2.24, 2.45) is 0 Å². The highest BCUT2D eigenvalue weighted by molar-refractivity contribution is 8.00. The summed E-state index contributed by atoms with van der Waals surface area (Å²) in [5.74, 6) is 0. The molecule has 1 atom stereocenters. The highest BCUT2D eigenvalue weighted by Crippen LogP contribution is 2.32. The molecule has 19 heavy (non-hydrogen) atoms. The summed E-state index contributed by atoms with van der Waals surface area (Å²) in [5, 5.41) is 3.79. The number of aryl methyl sites for hydroxylation is 1. The quantitative estimate of drug-likeness (QED) is 0.852. The number of rotatable bonds is 6. The largest absolute Gasteiger partial charge is 0.307 e. The van der Waals surface area contributed by atoms with Crippen molar-refractivity contribution in [2.45, 2.75) is 56.7 Å². The van der Waals surface area contributed by atoms with E-state index in [1.54, 1.807) is 0 Å². The van der Waals surface area contributed by atoms with Crippen LogP contribution in [0.3, 0.4) is 0 Å². The zero-order valence-corrected chi connectivity index (χ0v) is 13.2. The van der Waals surface area contributed by atoms with Crippen LogP contribution in [-0.2, 0) is 6.42 Å². The maximum absolute atomic E-state index is 4.61. The molecule has 0 amide bonds. The first kappa shape index (κ1) is 14.9. The zero-order chi connectivity index (χ0) is 13.7. The molecule has 0 spiro atoms. The molecule has 0 saturated heterocycles. The van der Waals surface area contributed by atoms with E-state index in [1.165, 1.54) is 43.4 Å². The second-order valence-electron chi connectivity index (χ2n) is 5.47. The minimum absolute atomic E-state index is 0.381. The molecular formula is C16H26N2S. The molecule has 1 unspecified atom stereocenters. The van der Waals surface area contributed by atoms with Gasteiger partial charge in [0.1, 0.15) is 0 Å². The van der Waals surface area contributed by atoms with E-state index in [0.717, 1.165) is 6.54 Å². The second-order valence-corrected chi connectivity index (χ2v) is 6.74. The van der Waals surface area contributed by atoms with Gasteiger partial charge in [-0.3, -0.25) is 4.98 Å². The van der Waals surface area contributed by atoms with Crippen LogP contribution in [0.2, 0.25) is 0 Å². The third-order valence-electron chi connectivity index (χ3n) is 4.59. The molecule has 2 rings (SSSR count). The van der Waals surface area contributed by atoms with Gasteiger partial charge in [-0.25, -0.2) is 0 Å². The summed E-state index contributed by atoms with van der Waals surface area (Å²) in [6.45, 7) is 5.69. The smallest absolute Gasteiger partial charge is 0.0605 e. The lowest BCUT2D eigenvalue weighted by atomic mass is 9.91. The van der Waals surface area contributed by atoms with Crippen molar-refractivity contribution >= 4 is 11.8 Å². The molecule has 1 heterocycles. The van der Waals surface area contributed by atoms with E-state index in [9.17, 15) is 0 Å². The van der Waals surface area contributed by atoms with Crippen molar-refractivity contribution in [3.05, 3.63) is 29.6 Å². The first-order chi connectivity index (χ1) is 9.24. The topological polar surface area (TPSA) is 24.9 Å². The Morgan fingerprint density at radius 2 is 2.21 bits per heavy atom. The Hall–Kier alpha value is -0.540. The van der Waals surface area contributed by atoms with Gasteiger partial charge in [-0.15, -0.1) is 0 Å². The summed E-state index contributed by atoms with van der Waals surface area (Å²) in [6, 6.07) is 4.75. The van der Waals surface area contributed by atoms with E-state index in [2.05, 4.69) is 42.5 Å². The fourth-order valence-corrected chi connectivity index (χ4v) is 3.78. The number of fused-ring (bicyclic) bond motifs is 1. The molecule has 0 radical (unpaired) electrons. The van der Waals surface area contributed by atoms with Crippen molar-refractivity contribution in [1.29, 1.82) is 0 Å². The number of nitrogens with one attached hydrogen (secondary N) is 1. The van der Waals surface area contributed by atoms with E-state index in [0.29, 0.717) is 10.8 Å². The van der Waals surface area contributed by atoms with Crippen molar-refractivity contribution in [3.8, 4) is 0 Å². The van der Waals surface area contributed by atoms with Crippen molar-refractivity contribution in [1.82, 2.24) is 10.3 Å². The Labute approximate surface area is 121 Å². The monoisotopic (exact) mass is 278 g/mol. The molecule has 1 N–H and O–H groups in total. The van der Waals surface area contributed by atoms with Crippen molar-refractivity contribution in [3.63, 3.8) is 0 Å². The molecule has 1 aromatic rings. The Bertz CT molecular complexity index is 393. The van der Waals surface area contributed by atoms with Gasteiger partial charge < -0.3 is 5.32 Å². The summed E-state index contributed by atoms with van der Waals surface area (Å²) in [6.07, 6.45) is 10.3. The normalized spacial score (nSPS) is 19.2. The van der Waals surface area contributed by atoms with Crippen LogP contribution in [0.15, 0.2) is 18.3 Å². The molecule has 106 valence electrons. The standard InChI is InChI=1S/C16H26N2S/c1-4-16(5-2,19-3)12-18-14-10-6-8-13-9-7-11-17-15(13)14/h7,9,11,14,18H,4-6,8,10,12H2,1-3H3. The Morgan fingerprint density at radius 1 is 1.42 bits per heavy atom. The summed E-state index contributed by atoms with van der Waals surface area (Å²) < 4.78 is 0.381. The lowest BCUT2D eigenvalue weighted by Crippen LogP contribution is -2.39. The van der Waals surface area contributed by atoms with E-state index in [4.69, 9.17) is 0 Å². The third-order valence-corrected chi connectivity index (χ3v) is 6.18. The molecule has 0 aromatic carbocycles. The second kappa shape index (κ2) is 6.76. The first-order valence-corrected chi connectivity index (χ1v) is 8.69. The van der Waals surface area contributed by atoms with E-state index in [-0.39, 0.29) is 0 Å². The van der Waals surface area contributed by atoms with Crippen LogP contribution >= 0.6 is 11.8 Å². The number of thioether (sulfide) groups is 1. The van der Waals surface area contributed by atoms with E-state index < -0.39 is 0 Å². The number of nitrogens with zero attached hydrogens (tertiary/aromatic N) is 1.